The van der Waals surface area contributed by atoms with Gasteiger partial charge in [-0.2, -0.15) is 0 Å². The summed E-state index contributed by atoms with van der Waals surface area (Å²) >= 11 is 0. The number of hydrogen-bond acceptors (Lipinski definition) is 10. The molecule has 0 amide bonds. The number of nitrogens with zero attached hydrogens (tertiary/aromatic N) is 8. The van der Waals surface area contributed by atoms with Gasteiger partial charge < -0.3 is 26.8 Å². The van der Waals surface area contributed by atoms with Gasteiger partial charge in [-0.1, -0.05) is 200 Å². The van der Waals surface area contributed by atoms with Crippen molar-refractivity contribution in [2.75, 3.05) is 0 Å². The van der Waals surface area contributed by atoms with Crippen LogP contribution in [0.4, 0.5) is 0 Å². The lowest BCUT2D eigenvalue weighted by Crippen LogP contribution is -2.00. The SMILES string of the molecule is c1ccc(-c2nc(-c3ccc4c(c3)oc3ccccc34)nc(-c3ccc4oc5ccc(-c6ccc7c(c6)c6ccc(-c8ccc(-c9nc(-c%10ccc%11oc%12ccc(-c%13ccc%14c(c%13)c%13ccccc%13n%14-c%13ccccc%13)cc%12c%11c%10)nc(-c%10cccc%11c%10oc%10ccccc%10%11)n9)cc8)cc6n7-c6ccccc6)cc5c4c3)n2)cc1. The minimum absolute atomic E-state index is 0.499. The van der Waals surface area contributed by atoms with Gasteiger partial charge in [-0.15, -0.1) is 0 Å². The van der Waals surface area contributed by atoms with Crippen LogP contribution in [0.25, 0.3) is 244 Å². The molecule has 114 heavy (non-hydrogen) atoms. The summed E-state index contributed by atoms with van der Waals surface area (Å²) in [6.07, 6.45) is 0. The van der Waals surface area contributed by atoms with Crippen LogP contribution in [0.2, 0.25) is 0 Å². The maximum Gasteiger partial charge on any atom is 0.167 e. The highest BCUT2D eigenvalue weighted by molar-refractivity contribution is 6.15. The lowest BCUT2D eigenvalue weighted by atomic mass is 9.99. The third-order valence-corrected chi connectivity index (χ3v) is 22.7. The molecule has 12 nitrogen and oxygen atoms in total. The van der Waals surface area contributed by atoms with E-state index in [0.717, 1.165) is 188 Å². The number of aromatic nitrogens is 8. The van der Waals surface area contributed by atoms with Gasteiger partial charge in [0.25, 0.3) is 0 Å². The highest BCUT2D eigenvalue weighted by Crippen LogP contribution is 2.45. The van der Waals surface area contributed by atoms with Gasteiger partial charge in [0.15, 0.2) is 34.9 Å². The maximum absolute atomic E-state index is 6.67. The molecular weight excluding hydrogens is 1400 g/mol. The van der Waals surface area contributed by atoms with Crippen molar-refractivity contribution >= 4 is 131 Å². The average molecular weight is 1460 g/mol. The first-order chi connectivity index (χ1) is 56.4. The zero-order valence-corrected chi connectivity index (χ0v) is 60.7. The molecule has 8 aromatic heterocycles. The first-order valence-corrected chi connectivity index (χ1v) is 38.1. The van der Waals surface area contributed by atoms with Gasteiger partial charge in [0.05, 0.1) is 27.6 Å². The van der Waals surface area contributed by atoms with Crippen molar-refractivity contribution in [3.8, 4) is 113 Å². The quantitative estimate of drug-likeness (QED) is 0.123. The largest absolute Gasteiger partial charge is 0.456 e. The first kappa shape index (κ1) is 63.3. The number of rotatable bonds is 11. The zero-order valence-electron chi connectivity index (χ0n) is 60.7. The van der Waals surface area contributed by atoms with Crippen molar-refractivity contribution in [2.24, 2.45) is 0 Å². The van der Waals surface area contributed by atoms with Crippen molar-refractivity contribution in [2.45, 2.75) is 0 Å². The third kappa shape index (κ3) is 10.2. The Balaban J connectivity index is 0.583. The van der Waals surface area contributed by atoms with Crippen molar-refractivity contribution in [1.82, 2.24) is 39.0 Å². The molecule has 12 heteroatoms. The number of furan rings is 4. The second-order valence-electron chi connectivity index (χ2n) is 29.2. The Morgan fingerprint density at radius 2 is 0.500 bits per heavy atom. The summed E-state index contributed by atoms with van der Waals surface area (Å²) in [5.41, 5.74) is 24.4. The van der Waals surface area contributed by atoms with Gasteiger partial charge >= 0.3 is 0 Å². The van der Waals surface area contributed by atoms with Gasteiger partial charge in [-0.25, -0.2) is 29.9 Å². The summed E-state index contributed by atoms with van der Waals surface area (Å²) in [6.45, 7) is 0. The summed E-state index contributed by atoms with van der Waals surface area (Å²) in [6, 6.07) is 123. The number of para-hydroxylation sites is 6. The van der Waals surface area contributed by atoms with Gasteiger partial charge in [-0.3, -0.25) is 0 Å². The van der Waals surface area contributed by atoms with E-state index in [1.165, 1.54) is 16.3 Å². The number of benzene rings is 16. The van der Waals surface area contributed by atoms with Crippen LogP contribution in [0.15, 0.2) is 370 Å². The fourth-order valence-corrected chi connectivity index (χ4v) is 17.1. The fourth-order valence-electron chi connectivity index (χ4n) is 17.1. The predicted molar refractivity (Wildman–Crippen MR) is 460 cm³/mol. The molecule has 0 saturated carbocycles. The predicted octanol–water partition coefficient (Wildman–Crippen LogP) is 26.9. The minimum Gasteiger partial charge on any atom is -0.456 e. The van der Waals surface area contributed by atoms with Crippen molar-refractivity contribution in [3.63, 3.8) is 0 Å². The summed E-state index contributed by atoms with van der Waals surface area (Å²) in [7, 11) is 0. The zero-order chi connectivity index (χ0) is 74.6. The van der Waals surface area contributed by atoms with Gasteiger partial charge in [0, 0.05) is 104 Å². The van der Waals surface area contributed by atoms with Gasteiger partial charge in [0.2, 0.25) is 0 Å². The lowest BCUT2D eigenvalue weighted by molar-refractivity contribution is 0.668. The molecule has 16 aromatic carbocycles. The summed E-state index contributed by atoms with van der Waals surface area (Å²) < 4.78 is 30.9. The van der Waals surface area contributed by atoms with Crippen LogP contribution < -0.4 is 0 Å². The van der Waals surface area contributed by atoms with E-state index < -0.39 is 0 Å². The monoisotopic (exact) mass is 1460 g/mol. The Morgan fingerprint density at radius 3 is 1.08 bits per heavy atom. The molecule has 0 saturated heterocycles. The Hall–Kier alpha value is -15.7. The van der Waals surface area contributed by atoms with Crippen molar-refractivity contribution < 1.29 is 17.7 Å². The second kappa shape index (κ2) is 24.9. The van der Waals surface area contributed by atoms with Crippen LogP contribution in [0.3, 0.4) is 0 Å². The van der Waals surface area contributed by atoms with Crippen LogP contribution in [0.1, 0.15) is 0 Å². The Morgan fingerprint density at radius 1 is 0.167 bits per heavy atom. The van der Waals surface area contributed by atoms with E-state index in [1.54, 1.807) is 0 Å². The minimum atomic E-state index is 0.499. The molecule has 8 heterocycles. The Labute approximate surface area is 649 Å². The topological polar surface area (TPSA) is 140 Å². The van der Waals surface area contributed by atoms with Crippen molar-refractivity contribution in [3.05, 3.63) is 352 Å². The molecule has 0 aliphatic heterocycles. The molecule has 24 aromatic rings. The standard InChI is InChI=1S/C102H58N8O4/c1-4-17-60(18-5-1)97-103-99(106-101(104-97)69-36-44-76-74-24-11-14-29-89(74)113-95(76)58-69)67-41-49-93-83(55-67)81-54-65(40-48-91(81)111-93)63-38-46-87-80(52-63)73-43-35-66(57-88(73)110(87)71-21-8-3-9-22-71)59-31-33-61(34-32-59)98-105-100(108-102(107-98)78-27-16-26-77-75-25-12-15-30-90(75)114-96(77)78)68-42-50-94-84(56-68)82-53-64(39-47-92(82)112-94)62-37-45-86-79(51-62)72-23-10-13-28-85(72)109(86)70-19-6-2-7-20-70/h1-58H. The Kier molecular flexibility index (Phi) is 13.8. The van der Waals surface area contributed by atoms with E-state index in [9.17, 15) is 0 Å². The smallest absolute Gasteiger partial charge is 0.167 e. The lowest BCUT2D eigenvalue weighted by Gasteiger charge is -2.10. The van der Waals surface area contributed by atoms with Gasteiger partial charge in [-0.05, 0) is 185 Å². The second-order valence-corrected chi connectivity index (χ2v) is 29.2. The van der Waals surface area contributed by atoms with E-state index >= 15 is 0 Å². The van der Waals surface area contributed by atoms with Crippen molar-refractivity contribution in [1.29, 1.82) is 0 Å². The number of fused-ring (bicyclic) bond motifs is 18. The average Bonchev–Trinajstić information content (AvgIpc) is 1.59. The van der Waals surface area contributed by atoms with E-state index in [0.29, 0.717) is 40.5 Å². The molecule has 0 aliphatic rings. The molecule has 0 radical (unpaired) electrons. The normalized spacial score (nSPS) is 12.0. The van der Waals surface area contributed by atoms with Crippen LogP contribution in [0.5, 0.6) is 0 Å². The fraction of sp³-hybridized carbons (Fsp3) is 0. The molecule has 0 aliphatic carbocycles. The highest BCUT2D eigenvalue weighted by Gasteiger charge is 2.24. The van der Waals surface area contributed by atoms with Crippen LogP contribution in [-0.2, 0) is 0 Å². The van der Waals surface area contributed by atoms with E-state index in [2.05, 4.69) is 252 Å². The molecule has 0 fully saturated rings. The maximum atomic E-state index is 6.67. The number of hydrogen-bond donors (Lipinski definition) is 0. The summed E-state index contributed by atoms with van der Waals surface area (Å²) in [4.78, 5) is 31.4. The van der Waals surface area contributed by atoms with Crippen LogP contribution in [0, 0.1) is 0 Å². The molecule has 0 spiro atoms. The molecule has 24 rings (SSSR count). The first-order valence-electron chi connectivity index (χ1n) is 38.1. The molecule has 530 valence electrons. The van der Waals surface area contributed by atoms with Gasteiger partial charge in [0.1, 0.15) is 44.7 Å². The molecule has 0 atom stereocenters. The molecule has 0 N–H and O–H groups in total. The molecule has 0 unspecified atom stereocenters. The van der Waals surface area contributed by atoms with E-state index in [1.807, 2.05) is 109 Å². The van der Waals surface area contributed by atoms with Crippen LogP contribution in [-0.4, -0.2) is 39.0 Å². The summed E-state index contributed by atoms with van der Waals surface area (Å²) in [5, 5.41) is 12.7. The van der Waals surface area contributed by atoms with E-state index in [4.69, 9.17) is 47.6 Å². The molecule has 0 bridgehead atoms. The highest BCUT2D eigenvalue weighted by atomic mass is 16.3. The van der Waals surface area contributed by atoms with Crippen LogP contribution >= 0.6 is 0 Å². The molecular formula is C102H58N8O4. The Bertz CT molecular complexity index is 8110. The van der Waals surface area contributed by atoms with E-state index in [-0.39, 0.29) is 0 Å². The summed E-state index contributed by atoms with van der Waals surface area (Å²) in [5.74, 6) is 3.22. The third-order valence-electron chi connectivity index (χ3n) is 22.7.